The molecule has 1 aromatic carbocycles. The van der Waals surface area contributed by atoms with Gasteiger partial charge in [0.1, 0.15) is 0 Å². The molecule has 0 saturated carbocycles. The zero-order chi connectivity index (χ0) is 12.8. The molecule has 18 heavy (non-hydrogen) atoms. The molecule has 3 heteroatoms. The number of carbonyl (C=O) groups excluding carboxylic acids is 1. The van der Waals surface area contributed by atoms with Crippen LogP contribution in [-0.2, 0) is 4.79 Å². The lowest BCUT2D eigenvalue weighted by Crippen LogP contribution is -2.40. The van der Waals surface area contributed by atoms with Crippen molar-refractivity contribution in [2.24, 2.45) is 0 Å². The first-order valence-electron chi connectivity index (χ1n) is 6.89. The summed E-state index contributed by atoms with van der Waals surface area (Å²) >= 11 is 0. The maximum Gasteiger partial charge on any atom is 0.220 e. The van der Waals surface area contributed by atoms with E-state index in [2.05, 4.69) is 34.5 Å². The molecule has 1 atom stereocenters. The van der Waals surface area contributed by atoms with Gasteiger partial charge < -0.3 is 10.2 Å². The quantitative estimate of drug-likeness (QED) is 0.866. The molecule has 0 aromatic heterocycles. The second-order valence-corrected chi connectivity index (χ2v) is 4.88. The number of nitrogens with one attached hydrogen (secondary N) is 1. The minimum Gasteiger partial charge on any atom is -0.367 e. The minimum atomic E-state index is 0.178. The second-order valence-electron chi connectivity index (χ2n) is 4.88. The molecule has 1 aromatic rings. The van der Waals surface area contributed by atoms with Gasteiger partial charge >= 0.3 is 0 Å². The highest BCUT2D eigenvalue weighted by molar-refractivity contribution is 5.75. The Morgan fingerprint density at radius 2 is 2.17 bits per heavy atom. The Hall–Kier alpha value is -1.51. The SMILES string of the molecule is CCCC(=O)NC[C@H]1CCCN1c1ccccc1. The summed E-state index contributed by atoms with van der Waals surface area (Å²) in [5.74, 6) is 0.178. The van der Waals surface area contributed by atoms with Crippen molar-refractivity contribution in [2.45, 2.75) is 38.6 Å². The number of benzene rings is 1. The molecule has 0 unspecified atom stereocenters. The molecule has 1 amide bonds. The number of nitrogens with zero attached hydrogens (tertiary/aromatic N) is 1. The van der Waals surface area contributed by atoms with Crippen LogP contribution in [0.2, 0.25) is 0 Å². The van der Waals surface area contributed by atoms with Crippen LogP contribution in [0.25, 0.3) is 0 Å². The average molecular weight is 246 g/mol. The number of rotatable bonds is 5. The van der Waals surface area contributed by atoms with E-state index in [0.29, 0.717) is 12.5 Å². The lowest BCUT2D eigenvalue weighted by Gasteiger charge is -2.27. The molecule has 0 radical (unpaired) electrons. The van der Waals surface area contributed by atoms with Gasteiger partial charge in [0.2, 0.25) is 5.91 Å². The van der Waals surface area contributed by atoms with Gasteiger partial charge in [-0.25, -0.2) is 0 Å². The second kappa shape index (κ2) is 6.43. The van der Waals surface area contributed by atoms with Gasteiger partial charge in [-0.1, -0.05) is 25.1 Å². The molecule has 0 aliphatic carbocycles. The fourth-order valence-electron chi connectivity index (χ4n) is 2.55. The van der Waals surface area contributed by atoms with Gasteiger partial charge in [0.05, 0.1) is 0 Å². The van der Waals surface area contributed by atoms with Crippen LogP contribution in [0, 0.1) is 0 Å². The predicted molar refractivity (Wildman–Crippen MR) is 74.7 cm³/mol. The van der Waals surface area contributed by atoms with Crippen molar-refractivity contribution in [1.29, 1.82) is 0 Å². The molecule has 3 nitrogen and oxygen atoms in total. The van der Waals surface area contributed by atoms with E-state index >= 15 is 0 Å². The Morgan fingerprint density at radius 3 is 2.89 bits per heavy atom. The Balaban J connectivity index is 1.90. The summed E-state index contributed by atoms with van der Waals surface area (Å²) < 4.78 is 0. The van der Waals surface area contributed by atoms with E-state index in [0.717, 1.165) is 19.5 Å². The maximum atomic E-state index is 11.5. The van der Waals surface area contributed by atoms with Gasteiger partial charge in [-0.05, 0) is 31.4 Å². The zero-order valence-electron chi connectivity index (χ0n) is 11.1. The van der Waals surface area contributed by atoms with Crippen molar-refractivity contribution in [3.8, 4) is 0 Å². The molecule has 1 aliphatic heterocycles. The first-order valence-corrected chi connectivity index (χ1v) is 6.89. The average Bonchev–Trinajstić information content (AvgIpc) is 2.86. The highest BCUT2D eigenvalue weighted by Crippen LogP contribution is 2.24. The predicted octanol–water partition coefficient (Wildman–Crippen LogP) is 2.57. The van der Waals surface area contributed by atoms with Crippen LogP contribution in [-0.4, -0.2) is 25.0 Å². The van der Waals surface area contributed by atoms with Crippen LogP contribution in [0.5, 0.6) is 0 Å². The van der Waals surface area contributed by atoms with Crippen molar-refractivity contribution >= 4 is 11.6 Å². The third-order valence-corrected chi connectivity index (χ3v) is 3.48. The van der Waals surface area contributed by atoms with Crippen LogP contribution in [0.4, 0.5) is 5.69 Å². The van der Waals surface area contributed by atoms with E-state index in [9.17, 15) is 4.79 Å². The Kier molecular flexibility index (Phi) is 4.62. The van der Waals surface area contributed by atoms with Crippen molar-refractivity contribution in [3.63, 3.8) is 0 Å². The monoisotopic (exact) mass is 246 g/mol. The summed E-state index contributed by atoms with van der Waals surface area (Å²) in [6.07, 6.45) is 3.93. The molecule has 0 spiro atoms. The normalized spacial score (nSPS) is 18.9. The van der Waals surface area contributed by atoms with Crippen LogP contribution in [0.1, 0.15) is 32.6 Å². The summed E-state index contributed by atoms with van der Waals surface area (Å²) in [6, 6.07) is 10.9. The molecule has 1 saturated heterocycles. The smallest absolute Gasteiger partial charge is 0.220 e. The van der Waals surface area contributed by atoms with Crippen molar-refractivity contribution < 1.29 is 4.79 Å². The van der Waals surface area contributed by atoms with E-state index in [-0.39, 0.29) is 5.91 Å². The Bertz CT molecular complexity index is 377. The van der Waals surface area contributed by atoms with Gasteiger partial charge in [0.15, 0.2) is 0 Å². The number of anilines is 1. The molecule has 1 heterocycles. The summed E-state index contributed by atoms with van der Waals surface area (Å²) in [4.78, 5) is 13.9. The van der Waals surface area contributed by atoms with Gasteiger partial charge in [-0.15, -0.1) is 0 Å². The number of hydrogen-bond acceptors (Lipinski definition) is 2. The molecule has 0 bridgehead atoms. The summed E-state index contributed by atoms with van der Waals surface area (Å²) in [5.41, 5.74) is 1.27. The van der Waals surface area contributed by atoms with E-state index in [4.69, 9.17) is 0 Å². The highest BCUT2D eigenvalue weighted by Gasteiger charge is 2.24. The molecule has 1 aliphatic rings. The highest BCUT2D eigenvalue weighted by atomic mass is 16.1. The summed E-state index contributed by atoms with van der Waals surface area (Å²) in [5, 5.41) is 3.04. The van der Waals surface area contributed by atoms with E-state index in [1.807, 2.05) is 13.0 Å². The topological polar surface area (TPSA) is 32.3 Å². The maximum absolute atomic E-state index is 11.5. The molecule has 1 N–H and O–H groups in total. The largest absolute Gasteiger partial charge is 0.367 e. The minimum absolute atomic E-state index is 0.178. The third-order valence-electron chi connectivity index (χ3n) is 3.48. The van der Waals surface area contributed by atoms with Gasteiger partial charge in [0.25, 0.3) is 0 Å². The van der Waals surface area contributed by atoms with E-state index in [1.165, 1.54) is 18.5 Å². The molecule has 1 fully saturated rings. The molecular formula is C15H22N2O. The third kappa shape index (κ3) is 3.25. The fourth-order valence-corrected chi connectivity index (χ4v) is 2.55. The van der Waals surface area contributed by atoms with E-state index in [1.54, 1.807) is 0 Å². The Morgan fingerprint density at radius 1 is 1.39 bits per heavy atom. The lowest BCUT2D eigenvalue weighted by molar-refractivity contribution is -0.121. The van der Waals surface area contributed by atoms with Gasteiger partial charge in [-0.2, -0.15) is 0 Å². The first kappa shape index (κ1) is 12.9. The fraction of sp³-hybridized carbons (Fsp3) is 0.533. The summed E-state index contributed by atoms with van der Waals surface area (Å²) in [6.45, 7) is 3.90. The van der Waals surface area contributed by atoms with Gasteiger partial charge in [0, 0.05) is 31.2 Å². The van der Waals surface area contributed by atoms with Gasteiger partial charge in [-0.3, -0.25) is 4.79 Å². The van der Waals surface area contributed by atoms with Crippen LogP contribution < -0.4 is 10.2 Å². The lowest BCUT2D eigenvalue weighted by atomic mass is 10.2. The standard InChI is InChI=1S/C15H22N2O/c1-2-7-15(18)16-12-14-10-6-11-17(14)13-8-4-3-5-9-13/h3-5,8-9,14H,2,6-7,10-12H2,1H3,(H,16,18)/t14-/m1/s1. The number of hydrogen-bond donors (Lipinski definition) is 1. The number of carbonyl (C=O) groups is 1. The van der Waals surface area contributed by atoms with Crippen molar-refractivity contribution in [1.82, 2.24) is 5.32 Å². The van der Waals surface area contributed by atoms with Crippen LogP contribution in [0.15, 0.2) is 30.3 Å². The summed E-state index contributed by atoms with van der Waals surface area (Å²) in [7, 11) is 0. The number of amides is 1. The van der Waals surface area contributed by atoms with Crippen LogP contribution >= 0.6 is 0 Å². The molecular weight excluding hydrogens is 224 g/mol. The molecule has 98 valence electrons. The van der Waals surface area contributed by atoms with Crippen molar-refractivity contribution in [3.05, 3.63) is 30.3 Å². The number of para-hydroxylation sites is 1. The van der Waals surface area contributed by atoms with Crippen molar-refractivity contribution in [2.75, 3.05) is 18.0 Å². The zero-order valence-corrected chi connectivity index (χ0v) is 11.1. The van der Waals surface area contributed by atoms with Crippen LogP contribution in [0.3, 0.4) is 0 Å². The molecule has 2 rings (SSSR count). The van der Waals surface area contributed by atoms with E-state index < -0.39 is 0 Å². The first-order chi connectivity index (χ1) is 8.81. The Labute approximate surface area is 109 Å².